The van der Waals surface area contributed by atoms with Gasteiger partial charge in [0.05, 0.1) is 19.9 Å². The highest BCUT2D eigenvalue weighted by Gasteiger charge is 2.21. The number of ether oxygens (including phenoxy) is 3. The summed E-state index contributed by atoms with van der Waals surface area (Å²) in [7, 11) is -1.17. The van der Waals surface area contributed by atoms with E-state index in [4.69, 9.17) is 20.9 Å². The summed E-state index contributed by atoms with van der Waals surface area (Å²) in [6.45, 7) is -0.330. The average molecular weight is 319 g/mol. The molecule has 10 heteroatoms. The maximum Gasteiger partial charge on any atom is 0.404 e. The average Bonchev–Trinajstić information content (AvgIpc) is 2.43. The monoisotopic (exact) mass is 319 g/mol. The number of methoxy groups -OCH3 is 2. The number of amides is 1. The zero-order valence-corrected chi connectivity index (χ0v) is 12.4. The van der Waals surface area contributed by atoms with Gasteiger partial charge in [0, 0.05) is 12.6 Å². The molecule has 1 aromatic rings. The van der Waals surface area contributed by atoms with Crippen molar-refractivity contribution >= 4 is 21.8 Å². The summed E-state index contributed by atoms with van der Waals surface area (Å²) in [5.74, 6) is 0.368. The molecule has 1 amide bonds. The van der Waals surface area contributed by atoms with Crippen LogP contribution in [0.4, 0.5) is 10.5 Å². The smallest absolute Gasteiger partial charge is 0.404 e. The summed E-state index contributed by atoms with van der Waals surface area (Å²) in [5, 5.41) is 0. The normalized spacial score (nSPS) is 11.0. The van der Waals surface area contributed by atoms with E-state index in [1.807, 2.05) is 0 Å². The number of carbonyl (C=O) groups excluding carboxylic acids is 1. The van der Waals surface area contributed by atoms with Crippen molar-refractivity contribution < 1.29 is 27.4 Å². The molecule has 0 aromatic heterocycles. The molecule has 1 aromatic carbocycles. The molecule has 9 nitrogen and oxygen atoms in total. The first-order chi connectivity index (χ1) is 9.81. The van der Waals surface area contributed by atoms with Crippen LogP contribution in [0.5, 0.6) is 11.5 Å². The number of nitrogens with one attached hydrogen (secondary N) is 1. The van der Waals surface area contributed by atoms with Crippen LogP contribution >= 0.6 is 0 Å². The third-order valence-electron chi connectivity index (χ3n) is 2.44. The van der Waals surface area contributed by atoms with Crippen molar-refractivity contribution in [3.05, 3.63) is 12.1 Å². The van der Waals surface area contributed by atoms with Crippen LogP contribution in [0.15, 0.2) is 17.0 Å². The molecular weight excluding hydrogens is 302 g/mol. The quantitative estimate of drug-likeness (QED) is 0.460. The molecule has 21 heavy (non-hydrogen) atoms. The minimum Gasteiger partial charge on any atom is -0.495 e. The van der Waals surface area contributed by atoms with E-state index in [0.29, 0.717) is 5.75 Å². The van der Waals surface area contributed by atoms with Gasteiger partial charge in [-0.1, -0.05) is 0 Å². The first kappa shape index (κ1) is 16.9. The molecule has 0 atom stereocenters. The molecule has 0 radical (unpaired) electrons. The second-order valence-corrected chi connectivity index (χ2v) is 5.55. The first-order valence-corrected chi connectivity index (χ1v) is 7.23. The standard InChI is InChI=1S/C11H17N3O6S/c1-18-8-6-9(19-2)10(5-7(8)12)21(16,17)14-3-4-20-11(13)15/h5-6,14H,3-4,12H2,1-2H3,(H2,13,15). The summed E-state index contributed by atoms with van der Waals surface area (Å²) in [6, 6.07) is 2.58. The van der Waals surface area contributed by atoms with Crippen LogP contribution in [0.2, 0.25) is 0 Å². The fourth-order valence-electron chi connectivity index (χ4n) is 1.51. The Balaban J connectivity index is 2.97. The third kappa shape index (κ3) is 4.39. The van der Waals surface area contributed by atoms with E-state index < -0.39 is 16.1 Å². The maximum atomic E-state index is 12.1. The Morgan fingerprint density at radius 3 is 2.38 bits per heavy atom. The minimum atomic E-state index is -3.89. The summed E-state index contributed by atoms with van der Waals surface area (Å²) in [4.78, 5) is 10.2. The lowest BCUT2D eigenvalue weighted by molar-refractivity contribution is 0.159. The minimum absolute atomic E-state index is 0.0735. The van der Waals surface area contributed by atoms with Crippen LogP contribution in [0.3, 0.4) is 0 Å². The number of benzene rings is 1. The summed E-state index contributed by atoms with van der Waals surface area (Å²) >= 11 is 0. The Bertz CT molecular complexity index is 617. The lowest BCUT2D eigenvalue weighted by Gasteiger charge is -2.13. The molecular formula is C11H17N3O6S. The SMILES string of the molecule is COc1cc(OC)c(S(=O)(=O)NCCOC(N)=O)cc1N. The molecule has 0 saturated carbocycles. The zero-order chi connectivity index (χ0) is 16.0. The van der Waals surface area contributed by atoms with E-state index in [-0.39, 0.29) is 29.5 Å². The van der Waals surface area contributed by atoms with E-state index in [2.05, 4.69) is 9.46 Å². The molecule has 0 heterocycles. The number of nitrogen functional groups attached to an aromatic ring is 1. The van der Waals surface area contributed by atoms with Crippen molar-refractivity contribution in [2.45, 2.75) is 4.90 Å². The maximum absolute atomic E-state index is 12.1. The number of anilines is 1. The van der Waals surface area contributed by atoms with Crippen LogP contribution in [0.1, 0.15) is 0 Å². The molecule has 5 N–H and O–H groups in total. The highest BCUT2D eigenvalue weighted by atomic mass is 32.2. The molecule has 0 spiro atoms. The molecule has 118 valence electrons. The van der Waals surface area contributed by atoms with Crippen LogP contribution in [-0.4, -0.2) is 41.9 Å². The van der Waals surface area contributed by atoms with Gasteiger partial charge in [0.25, 0.3) is 0 Å². The van der Waals surface area contributed by atoms with E-state index >= 15 is 0 Å². The predicted octanol–water partition coefficient (Wildman–Crippen LogP) is -0.340. The van der Waals surface area contributed by atoms with Gasteiger partial charge in [-0.3, -0.25) is 0 Å². The number of primary amides is 1. The Hall–Kier alpha value is -2.20. The van der Waals surface area contributed by atoms with Gasteiger partial charge in [0.15, 0.2) is 0 Å². The number of sulfonamides is 1. The third-order valence-corrected chi connectivity index (χ3v) is 3.93. The topological polar surface area (TPSA) is 143 Å². The number of hydrogen-bond acceptors (Lipinski definition) is 7. The van der Waals surface area contributed by atoms with Crippen molar-refractivity contribution in [1.82, 2.24) is 4.72 Å². The van der Waals surface area contributed by atoms with E-state index in [0.717, 1.165) is 0 Å². The van der Waals surface area contributed by atoms with Crippen molar-refractivity contribution in [1.29, 1.82) is 0 Å². The van der Waals surface area contributed by atoms with Crippen molar-refractivity contribution in [3.63, 3.8) is 0 Å². The fourth-order valence-corrected chi connectivity index (χ4v) is 2.71. The van der Waals surface area contributed by atoms with E-state index in [9.17, 15) is 13.2 Å². The van der Waals surface area contributed by atoms with Gasteiger partial charge in [0.1, 0.15) is 23.0 Å². The van der Waals surface area contributed by atoms with Gasteiger partial charge >= 0.3 is 6.09 Å². The van der Waals surface area contributed by atoms with E-state index in [1.54, 1.807) is 0 Å². The number of nitrogens with two attached hydrogens (primary N) is 2. The lowest BCUT2D eigenvalue weighted by atomic mass is 10.3. The largest absolute Gasteiger partial charge is 0.495 e. The second-order valence-electron chi connectivity index (χ2n) is 3.81. The molecule has 0 saturated heterocycles. The highest BCUT2D eigenvalue weighted by molar-refractivity contribution is 7.89. The van der Waals surface area contributed by atoms with Gasteiger partial charge in [-0.25, -0.2) is 17.9 Å². The Morgan fingerprint density at radius 1 is 1.24 bits per heavy atom. The lowest BCUT2D eigenvalue weighted by Crippen LogP contribution is -2.29. The molecule has 0 bridgehead atoms. The van der Waals surface area contributed by atoms with E-state index in [1.165, 1.54) is 26.4 Å². The fraction of sp³-hybridized carbons (Fsp3) is 0.364. The van der Waals surface area contributed by atoms with Crippen LogP contribution in [-0.2, 0) is 14.8 Å². The molecule has 1 rings (SSSR count). The van der Waals surface area contributed by atoms with Gasteiger partial charge in [0.2, 0.25) is 10.0 Å². The highest BCUT2D eigenvalue weighted by Crippen LogP contribution is 2.33. The molecule has 0 aliphatic heterocycles. The molecule has 0 unspecified atom stereocenters. The second kappa shape index (κ2) is 6.99. The number of rotatable bonds is 7. The van der Waals surface area contributed by atoms with Crippen LogP contribution in [0.25, 0.3) is 0 Å². The van der Waals surface area contributed by atoms with Gasteiger partial charge in [-0.2, -0.15) is 0 Å². The van der Waals surface area contributed by atoms with Crippen LogP contribution < -0.4 is 25.7 Å². The number of hydrogen-bond donors (Lipinski definition) is 3. The summed E-state index contributed by atoms with van der Waals surface area (Å²) in [5.41, 5.74) is 10.6. The molecule has 0 aliphatic rings. The van der Waals surface area contributed by atoms with Crippen LogP contribution in [0, 0.1) is 0 Å². The van der Waals surface area contributed by atoms with Gasteiger partial charge in [-0.15, -0.1) is 0 Å². The van der Waals surface area contributed by atoms with Gasteiger partial charge in [-0.05, 0) is 6.07 Å². The predicted molar refractivity (Wildman–Crippen MR) is 74.7 cm³/mol. The summed E-state index contributed by atoms with van der Waals surface area (Å²) in [6.07, 6.45) is -0.986. The van der Waals surface area contributed by atoms with Crippen molar-refractivity contribution in [2.75, 3.05) is 33.1 Å². The number of carbonyl (C=O) groups is 1. The Kier molecular flexibility index (Phi) is 5.61. The Labute approximate surface area is 122 Å². The molecule has 0 fully saturated rings. The van der Waals surface area contributed by atoms with Crippen molar-refractivity contribution in [3.8, 4) is 11.5 Å². The zero-order valence-electron chi connectivity index (χ0n) is 11.6. The Morgan fingerprint density at radius 2 is 1.86 bits per heavy atom. The summed E-state index contributed by atoms with van der Waals surface area (Å²) < 4.78 is 41.0. The first-order valence-electron chi connectivity index (χ1n) is 5.75. The molecule has 0 aliphatic carbocycles. The van der Waals surface area contributed by atoms with Gasteiger partial charge < -0.3 is 25.7 Å². The van der Waals surface area contributed by atoms with Crippen molar-refractivity contribution in [2.24, 2.45) is 5.73 Å².